The van der Waals surface area contributed by atoms with E-state index in [4.69, 9.17) is 0 Å². The van der Waals surface area contributed by atoms with Crippen molar-refractivity contribution in [3.63, 3.8) is 0 Å². The third kappa shape index (κ3) is 5.60. The first-order chi connectivity index (χ1) is 6.81. The lowest BCUT2D eigenvalue weighted by molar-refractivity contribution is -0.117. The molecule has 15 heavy (non-hydrogen) atoms. The molecule has 6 heteroatoms. The number of carbonyl (C=O) groups excluding carboxylic acids is 1. The van der Waals surface area contributed by atoms with Crippen molar-refractivity contribution in [3.8, 4) is 0 Å². The molecule has 0 radical (unpaired) electrons. The van der Waals surface area contributed by atoms with Crippen molar-refractivity contribution < 1.29 is 18.0 Å². The summed E-state index contributed by atoms with van der Waals surface area (Å²) in [6.07, 6.45) is -3.08. The lowest BCUT2D eigenvalue weighted by atomic mass is 10.2. The maximum atomic E-state index is 12.2. The van der Waals surface area contributed by atoms with Crippen LogP contribution in [0.25, 0.3) is 0 Å². The predicted octanol–water partition coefficient (Wildman–Crippen LogP) is 2.73. The molecule has 0 aliphatic rings. The van der Waals surface area contributed by atoms with E-state index in [0.717, 1.165) is 6.08 Å². The highest BCUT2D eigenvalue weighted by molar-refractivity contribution is 14.1. The van der Waals surface area contributed by atoms with Crippen LogP contribution >= 0.6 is 22.6 Å². The summed E-state index contributed by atoms with van der Waals surface area (Å²) in [5.74, 6) is -0.401. The van der Waals surface area contributed by atoms with Gasteiger partial charge in [-0.2, -0.15) is 13.2 Å². The molecule has 0 aromatic rings. The minimum atomic E-state index is -4.49. The summed E-state index contributed by atoms with van der Waals surface area (Å²) < 4.78 is 36.8. The second-order valence-corrected chi connectivity index (χ2v) is 3.27. The Morgan fingerprint density at radius 2 is 2.00 bits per heavy atom. The lowest BCUT2D eigenvalue weighted by Crippen LogP contribution is -2.23. The topological polar surface area (TPSA) is 29.1 Å². The highest BCUT2D eigenvalue weighted by Gasteiger charge is 2.31. The summed E-state index contributed by atoms with van der Waals surface area (Å²) in [6.45, 7) is 6.32. The normalized spacial score (nSPS) is 12.1. The zero-order valence-corrected chi connectivity index (χ0v) is 9.85. The molecule has 0 aliphatic carbocycles. The van der Waals surface area contributed by atoms with Gasteiger partial charge in [-0.25, -0.2) is 0 Å². The first-order valence-corrected chi connectivity index (χ1v) is 5.30. The third-order valence-electron chi connectivity index (χ3n) is 1.30. The van der Waals surface area contributed by atoms with Crippen LogP contribution < -0.4 is 5.32 Å². The maximum absolute atomic E-state index is 12.2. The zero-order valence-electron chi connectivity index (χ0n) is 7.70. The Kier molecular flexibility index (Phi) is 5.63. The van der Waals surface area contributed by atoms with Crippen LogP contribution in [0.1, 0.15) is 0 Å². The molecular weight excluding hydrogens is 322 g/mol. The van der Waals surface area contributed by atoms with Crippen LogP contribution in [0.3, 0.4) is 0 Å². The SMILES string of the molecule is C=C/C(=C\C(=C)NC(=O)CI)C(F)(F)F. The lowest BCUT2D eigenvalue weighted by Gasteiger charge is -2.08. The van der Waals surface area contributed by atoms with Crippen molar-refractivity contribution in [1.82, 2.24) is 5.32 Å². The van der Waals surface area contributed by atoms with Crippen molar-refractivity contribution in [1.29, 1.82) is 0 Å². The first kappa shape index (κ1) is 14.2. The third-order valence-corrected chi connectivity index (χ3v) is 1.99. The number of amides is 1. The van der Waals surface area contributed by atoms with E-state index in [9.17, 15) is 18.0 Å². The standard InChI is InChI=1S/C9H9F3INO/c1-3-7(9(10,11)12)4-6(2)14-8(15)5-13/h3-4H,1-2,5H2,(H,14,15)/b7-4+. The van der Waals surface area contributed by atoms with Crippen LogP contribution in [0.15, 0.2) is 36.6 Å². The van der Waals surface area contributed by atoms with Crippen LogP contribution in [0.5, 0.6) is 0 Å². The molecule has 0 atom stereocenters. The number of hydrogen-bond acceptors (Lipinski definition) is 1. The molecule has 0 rings (SSSR count). The summed E-state index contributed by atoms with van der Waals surface area (Å²) in [5.41, 5.74) is -1.05. The van der Waals surface area contributed by atoms with E-state index in [-0.39, 0.29) is 10.1 Å². The Bertz CT molecular complexity index is 307. The predicted molar refractivity (Wildman–Crippen MR) is 60.5 cm³/mol. The number of nitrogens with one attached hydrogen (secondary N) is 1. The van der Waals surface area contributed by atoms with Gasteiger partial charge in [-0.1, -0.05) is 41.8 Å². The van der Waals surface area contributed by atoms with Gasteiger partial charge in [0.05, 0.1) is 10.0 Å². The van der Waals surface area contributed by atoms with Crippen LogP contribution in [-0.2, 0) is 4.79 Å². The van der Waals surface area contributed by atoms with Crippen molar-refractivity contribution in [2.75, 3.05) is 4.43 Å². The molecule has 0 aromatic carbocycles. The molecule has 0 saturated carbocycles. The minimum absolute atomic E-state index is 0.108. The highest BCUT2D eigenvalue weighted by Crippen LogP contribution is 2.26. The van der Waals surface area contributed by atoms with E-state index >= 15 is 0 Å². The van der Waals surface area contributed by atoms with Gasteiger partial charge in [0.15, 0.2) is 0 Å². The van der Waals surface area contributed by atoms with Gasteiger partial charge in [-0.3, -0.25) is 4.79 Å². The number of allylic oxidation sites excluding steroid dienone is 3. The molecule has 84 valence electrons. The van der Waals surface area contributed by atoms with E-state index < -0.39 is 17.7 Å². The first-order valence-electron chi connectivity index (χ1n) is 3.77. The van der Waals surface area contributed by atoms with E-state index in [0.29, 0.717) is 6.08 Å². The smallest absolute Gasteiger partial charge is 0.326 e. The molecule has 2 nitrogen and oxygen atoms in total. The summed E-state index contributed by atoms with van der Waals surface area (Å²) in [5, 5.41) is 2.20. The van der Waals surface area contributed by atoms with Crippen molar-refractivity contribution in [2.24, 2.45) is 0 Å². The van der Waals surface area contributed by atoms with Crippen molar-refractivity contribution in [2.45, 2.75) is 6.18 Å². The summed E-state index contributed by atoms with van der Waals surface area (Å²) in [7, 11) is 0. The molecule has 0 unspecified atom stereocenters. The molecular formula is C9H9F3INO. The number of halogens is 4. The average molecular weight is 331 g/mol. The van der Waals surface area contributed by atoms with Gasteiger partial charge in [-0.15, -0.1) is 0 Å². The fourth-order valence-electron chi connectivity index (χ4n) is 0.693. The van der Waals surface area contributed by atoms with Gasteiger partial charge in [0.25, 0.3) is 0 Å². The molecule has 0 spiro atoms. The average Bonchev–Trinajstić information content (AvgIpc) is 2.12. The molecule has 0 aromatic heterocycles. The Morgan fingerprint density at radius 1 is 1.47 bits per heavy atom. The number of alkyl halides is 4. The maximum Gasteiger partial charge on any atom is 0.416 e. The molecule has 0 heterocycles. The van der Waals surface area contributed by atoms with E-state index in [1.807, 2.05) is 0 Å². The molecule has 0 saturated heterocycles. The highest BCUT2D eigenvalue weighted by atomic mass is 127. The Labute approximate surface area is 99.1 Å². The second-order valence-electron chi connectivity index (χ2n) is 2.51. The number of hydrogen-bond donors (Lipinski definition) is 1. The summed E-state index contributed by atoms with van der Waals surface area (Å²) in [6, 6.07) is 0. The minimum Gasteiger partial charge on any atom is -0.326 e. The molecule has 1 N–H and O–H groups in total. The second kappa shape index (κ2) is 5.94. The quantitative estimate of drug-likeness (QED) is 0.479. The fourth-order valence-corrected chi connectivity index (χ4v) is 0.883. The van der Waals surface area contributed by atoms with Gasteiger partial charge < -0.3 is 5.32 Å². The van der Waals surface area contributed by atoms with Gasteiger partial charge in [0.2, 0.25) is 5.91 Å². The van der Waals surface area contributed by atoms with Crippen LogP contribution in [0.2, 0.25) is 0 Å². The number of rotatable bonds is 4. The van der Waals surface area contributed by atoms with Gasteiger partial charge in [0, 0.05) is 5.70 Å². The Morgan fingerprint density at radius 3 is 2.33 bits per heavy atom. The van der Waals surface area contributed by atoms with Gasteiger partial charge >= 0.3 is 6.18 Å². The van der Waals surface area contributed by atoms with Crippen LogP contribution in [-0.4, -0.2) is 16.5 Å². The van der Waals surface area contributed by atoms with Crippen molar-refractivity contribution in [3.05, 3.63) is 36.6 Å². The zero-order chi connectivity index (χ0) is 12.1. The number of carbonyl (C=O) groups is 1. The van der Waals surface area contributed by atoms with Crippen molar-refractivity contribution >= 4 is 28.5 Å². The Hall–Kier alpha value is -0.790. The van der Waals surface area contributed by atoms with Crippen LogP contribution in [0.4, 0.5) is 13.2 Å². The van der Waals surface area contributed by atoms with E-state index in [1.54, 1.807) is 22.6 Å². The molecule has 1 amide bonds. The van der Waals surface area contributed by atoms with E-state index in [2.05, 4.69) is 18.5 Å². The summed E-state index contributed by atoms with van der Waals surface area (Å²) >= 11 is 1.79. The van der Waals surface area contributed by atoms with Gasteiger partial charge in [0.1, 0.15) is 0 Å². The van der Waals surface area contributed by atoms with E-state index in [1.165, 1.54) is 0 Å². The molecule has 0 fully saturated rings. The Balaban J connectivity index is 4.65. The van der Waals surface area contributed by atoms with Crippen LogP contribution in [0, 0.1) is 0 Å². The monoisotopic (exact) mass is 331 g/mol. The largest absolute Gasteiger partial charge is 0.416 e. The fraction of sp³-hybridized carbons (Fsp3) is 0.222. The van der Waals surface area contributed by atoms with Gasteiger partial charge in [-0.05, 0) is 6.08 Å². The molecule has 0 aliphatic heterocycles. The summed E-state index contributed by atoms with van der Waals surface area (Å²) in [4.78, 5) is 10.8. The molecule has 0 bridgehead atoms.